The molecule has 0 bridgehead atoms. The van der Waals surface area contributed by atoms with Gasteiger partial charge >= 0.3 is 6.09 Å². The predicted molar refractivity (Wildman–Crippen MR) is 245 cm³/mol. The molecule has 3 aliphatic heterocycles. The summed E-state index contributed by atoms with van der Waals surface area (Å²) in [5, 5.41) is 2.73. The summed E-state index contributed by atoms with van der Waals surface area (Å²) in [4.78, 5) is 62.0. The molecule has 63 heavy (non-hydrogen) atoms. The normalized spacial score (nSPS) is 21.7. The van der Waals surface area contributed by atoms with E-state index in [4.69, 9.17) is 14.7 Å². The fourth-order valence-corrected chi connectivity index (χ4v) is 10.2. The summed E-state index contributed by atoms with van der Waals surface area (Å²) in [5.41, 5.74) is 9.24. The van der Waals surface area contributed by atoms with Gasteiger partial charge in [0.15, 0.2) is 0 Å². The summed E-state index contributed by atoms with van der Waals surface area (Å²) in [6.07, 6.45) is 12.0. The first kappa shape index (κ1) is 42.4. The molecule has 3 amide bonds. The second-order valence-corrected chi connectivity index (χ2v) is 18.9. The number of methoxy groups -OCH3 is 1. The molecule has 5 heterocycles. The molecule has 3 saturated heterocycles. The molecule has 1 aliphatic carbocycles. The molecule has 4 fully saturated rings. The number of hydrogen-bond acceptors (Lipinski definition) is 7. The number of carbonyl (C=O) groups excluding carboxylic acids is 3. The van der Waals surface area contributed by atoms with Gasteiger partial charge in [0.1, 0.15) is 17.7 Å². The molecule has 4 aliphatic rings. The first-order valence-corrected chi connectivity index (χ1v) is 23.2. The summed E-state index contributed by atoms with van der Waals surface area (Å²) in [6, 6.07) is 26.7. The van der Waals surface area contributed by atoms with E-state index in [1.54, 1.807) is 0 Å². The van der Waals surface area contributed by atoms with Crippen LogP contribution in [0.25, 0.3) is 22.5 Å². The quantitative estimate of drug-likeness (QED) is 0.107. The van der Waals surface area contributed by atoms with Crippen LogP contribution in [0.4, 0.5) is 10.5 Å². The fourth-order valence-electron chi connectivity index (χ4n) is 10.2. The third-order valence-corrected chi connectivity index (χ3v) is 13.7. The molecule has 330 valence electrons. The monoisotopic (exact) mass is 850 g/mol. The van der Waals surface area contributed by atoms with Crippen LogP contribution < -0.4 is 10.2 Å². The average molecular weight is 851 g/mol. The lowest BCUT2D eigenvalue weighted by molar-refractivity contribution is -0.135. The second kappa shape index (κ2) is 18.1. The van der Waals surface area contributed by atoms with Crippen LogP contribution in [-0.2, 0) is 14.3 Å². The Kier molecular flexibility index (Phi) is 12.2. The Bertz CT molecular complexity index is 2380. The highest BCUT2D eigenvalue weighted by molar-refractivity contribution is 5.86. The number of imidazole rings is 2. The molecule has 12 nitrogen and oxygen atoms in total. The molecule has 0 spiro atoms. The number of carbonyl (C=O) groups is 3. The average Bonchev–Trinajstić information content (AvgIpc) is 3.90. The van der Waals surface area contributed by atoms with E-state index >= 15 is 0 Å². The smallest absolute Gasteiger partial charge is 0.407 e. The van der Waals surface area contributed by atoms with Gasteiger partial charge < -0.3 is 34.7 Å². The minimum atomic E-state index is -0.678. The first-order valence-electron chi connectivity index (χ1n) is 23.2. The molecule has 12 heteroatoms. The molecule has 0 radical (unpaired) electrons. The van der Waals surface area contributed by atoms with E-state index in [2.05, 4.69) is 107 Å². The lowest BCUT2D eigenvalue weighted by atomic mass is 10.0. The minimum Gasteiger partial charge on any atom is -0.453 e. The highest BCUT2D eigenvalue weighted by Gasteiger charge is 2.39. The van der Waals surface area contributed by atoms with Gasteiger partial charge in [0.2, 0.25) is 11.8 Å². The van der Waals surface area contributed by atoms with E-state index in [1.807, 2.05) is 36.0 Å². The third kappa shape index (κ3) is 8.86. The molecule has 9 rings (SSSR count). The molecule has 3 N–H and O–H groups in total. The second-order valence-electron chi connectivity index (χ2n) is 18.9. The highest BCUT2D eigenvalue weighted by Crippen LogP contribution is 2.48. The van der Waals surface area contributed by atoms with Crippen molar-refractivity contribution >= 4 is 23.6 Å². The number of hydrogen-bond donors (Lipinski definition) is 3. The van der Waals surface area contributed by atoms with Crippen LogP contribution in [0, 0.1) is 11.8 Å². The van der Waals surface area contributed by atoms with Crippen LogP contribution in [-0.4, -0.2) is 73.9 Å². The van der Waals surface area contributed by atoms with E-state index < -0.39 is 12.1 Å². The van der Waals surface area contributed by atoms with Crippen molar-refractivity contribution in [1.29, 1.82) is 0 Å². The van der Waals surface area contributed by atoms with Gasteiger partial charge in [0, 0.05) is 25.2 Å². The number of likely N-dealkylation sites (tertiary alicyclic amines) is 2. The molecular weight excluding hydrogens is 789 g/mol. The van der Waals surface area contributed by atoms with Crippen LogP contribution in [0.5, 0.6) is 0 Å². The predicted octanol–water partition coefficient (Wildman–Crippen LogP) is 10.2. The van der Waals surface area contributed by atoms with Crippen LogP contribution in [0.1, 0.15) is 144 Å². The zero-order valence-electron chi connectivity index (χ0n) is 37.3. The SMILES string of the molecule is COC(=O)N[C@H](C(=O)N1CCC[C@H]1c1ncc(-c2ccc([C@@H]3CC[C@@H](c4ccc(-c5cnc([C@@H]6CCCN6C(=O)CC(C)C)[nH]5)cc4)N3c3ccc(C4CC4)cc3)cc2)[nH]1)C(C)C. The topological polar surface area (TPSA) is 140 Å². The van der Waals surface area contributed by atoms with Crippen LogP contribution in [0.3, 0.4) is 0 Å². The summed E-state index contributed by atoms with van der Waals surface area (Å²) < 4.78 is 4.81. The molecule has 0 unspecified atom stereocenters. The third-order valence-electron chi connectivity index (χ3n) is 13.7. The number of amides is 3. The largest absolute Gasteiger partial charge is 0.453 e. The Morgan fingerprint density at radius 3 is 1.67 bits per heavy atom. The zero-order valence-corrected chi connectivity index (χ0v) is 37.3. The number of aromatic amines is 2. The number of H-pyrrole nitrogens is 2. The minimum absolute atomic E-state index is 0.00702. The number of benzene rings is 3. The van der Waals surface area contributed by atoms with Gasteiger partial charge in [-0.2, -0.15) is 0 Å². The summed E-state index contributed by atoms with van der Waals surface area (Å²) in [7, 11) is 1.31. The van der Waals surface area contributed by atoms with Crippen molar-refractivity contribution < 1.29 is 19.1 Å². The number of ether oxygens (including phenoxy) is 1. The first-order chi connectivity index (χ1) is 30.6. The zero-order chi connectivity index (χ0) is 43.8. The fraction of sp³-hybridized carbons (Fsp3) is 0.471. The summed E-state index contributed by atoms with van der Waals surface area (Å²) in [6.45, 7) is 9.45. The molecule has 5 atom stereocenters. The maximum atomic E-state index is 13.7. The van der Waals surface area contributed by atoms with E-state index in [0.29, 0.717) is 24.8 Å². The Morgan fingerprint density at radius 2 is 1.17 bits per heavy atom. The number of aromatic nitrogens is 4. The Balaban J connectivity index is 0.923. The number of nitrogens with one attached hydrogen (secondary N) is 3. The summed E-state index contributed by atoms with van der Waals surface area (Å²) in [5.74, 6) is 2.67. The van der Waals surface area contributed by atoms with Crippen molar-refractivity contribution in [3.8, 4) is 22.5 Å². The van der Waals surface area contributed by atoms with Crippen molar-refractivity contribution in [3.05, 3.63) is 114 Å². The lowest BCUT2D eigenvalue weighted by Gasteiger charge is -2.33. The molecule has 5 aromatic rings. The van der Waals surface area contributed by atoms with Gasteiger partial charge in [-0.1, -0.05) is 88.4 Å². The number of rotatable bonds is 13. The maximum absolute atomic E-state index is 13.7. The molecule has 1 saturated carbocycles. The standard InChI is InChI=1S/C51H62N8O4/c1-31(2)28-46(60)57-26-6-8-44(57)48-52-29-40(54-48)35-12-16-37(17-13-35)42-24-25-43(59(42)39-22-20-34(21-23-39)33-10-11-33)38-18-14-36(15-19-38)41-30-53-49(55-41)45-9-7-27-58(45)50(61)47(32(3)4)56-51(62)63-5/h12-23,29-33,42-45,47H,6-11,24-28H2,1-5H3,(H,52,54)(H,53,55)(H,56,62)/t42-,43-,44-,45-,47-/m0/s1. The number of alkyl carbamates (subject to hydrolysis) is 1. The molecular formula is C51H62N8O4. The van der Waals surface area contributed by atoms with Crippen molar-refractivity contribution in [2.45, 2.75) is 122 Å². The van der Waals surface area contributed by atoms with Crippen molar-refractivity contribution in [2.24, 2.45) is 11.8 Å². The van der Waals surface area contributed by atoms with E-state index in [0.717, 1.165) is 79.2 Å². The van der Waals surface area contributed by atoms with Crippen molar-refractivity contribution in [1.82, 2.24) is 35.1 Å². The Morgan fingerprint density at radius 1 is 0.667 bits per heavy atom. The van der Waals surface area contributed by atoms with Crippen molar-refractivity contribution in [2.75, 3.05) is 25.1 Å². The maximum Gasteiger partial charge on any atom is 0.407 e. The van der Waals surface area contributed by atoms with Crippen molar-refractivity contribution in [3.63, 3.8) is 0 Å². The Hall–Kier alpha value is -5.91. The summed E-state index contributed by atoms with van der Waals surface area (Å²) >= 11 is 0. The van der Waals surface area contributed by atoms with Gasteiger partial charge in [0.05, 0.1) is 55.1 Å². The van der Waals surface area contributed by atoms with E-state index in [9.17, 15) is 14.4 Å². The van der Waals surface area contributed by atoms with Gasteiger partial charge in [-0.15, -0.1) is 0 Å². The number of anilines is 1. The van der Waals surface area contributed by atoms with Gasteiger partial charge in [-0.25, -0.2) is 14.8 Å². The lowest BCUT2D eigenvalue weighted by Crippen LogP contribution is -2.51. The Labute approximate surface area is 371 Å². The van der Waals surface area contributed by atoms with Crippen LogP contribution in [0.2, 0.25) is 0 Å². The molecule has 3 aromatic carbocycles. The highest BCUT2D eigenvalue weighted by atomic mass is 16.5. The van der Waals surface area contributed by atoms with Gasteiger partial charge in [0.25, 0.3) is 0 Å². The van der Waals surface area contributed by atoms with E-state index in [-0.39, 0.29) is 41.9 Å². The van der Waals surface area contributed by atoms with Crippen LogP contribution in [0.15, 0.2) is 85.2 Å². The van der Waals surface area contributed by atoms with Gasteiger partial charge in [-0.05, 0) is 109 Å². The van der Waals surface area contributed by atoms with Crippen LogP contribution >= 0.6 is 0 Å². The van der Waals surface area contributed by atoms with Gasteiger partial charge in [-0.3, -0.25) is 9.59 Å². The van der Waals surface area contributed by atoms with E-state index in [1.165, 1.54) is 42.3 Å². The molecule has 2 aromatic heterocycles. The number of nitrogens with zero attached hydrogens (tertiary/aromatic N) is 5.